The monoisotopic (exact) mass is 300 g/mol. The maximum atomic E-state index is 13.6. The Kier molecular flexibility index (Phi) is 3.49. The van der Waals surface area contributed by atoms with Gasteiger partial charge in [-0.05, 0) is 24.3 Å². The third kappa shape index (κ3) is 2.80. The molecule has 20 heavy (non-hydrogen) atoms. The van der Waals surface area contributed by atoms with Gasteiger partial charge in [0.25, 0.3) is 10.0 Å². The molecule has 106 valence electrons. The summed E-state index contributed by atoms with van der Waals surface area (Å²) in [7, 11) is -4.36. The van der Waals surface area contributed by atoms with Crippen LogP contribution in [0.2, 0.25) is 0 Å². The normalized spacial score (nSPS) is 11.3. The molecule has 0 aliphatic rings. The Balaban J connectivity index is 2.46. The number of nitrogens with two attached hydrogens (primary N) is 1. The zero-order chi connectivity index (χ0) is 14.9. The summed E-state index contributed by atoms with van der Waals surface area (Å²) >= 11 is 0. The highest BCUT2D eigenvalue weighted by molar-refractivity contribution is 7.92. The van der Waals surface area contributed by atoms with E-state index in [1.165, 1.54) is 18.2 Å². The average Bonchev–Trinajstić information content (AvgIpc) is 2.33. The number of halogens is 2. The number of phenols is 1. The third-order valence-electron chi connectivity index (χ3n) is 2.41. The fraction of sp³-hybridized carbons (Fsp3) is 0. The number of nitrogen functional groups attached to an aromatic ring is 1. The van der Waals surface area contributed by atoms with Gasteiger partial charge in [-0.2, -0.15) is 0 Å². The van der Waals surface area contributed by atoms with Crippen molar-refractivity contribution >= 4 is 21.4 Å². The van der Waals surface area contributed by atoms with Gasteiger partial charge in [0, 0.05) is 11.8 Å². The van der Waals surface area contributed by atoms with E-state index in [0.717, 1.165) is 12.1 Å². The summed E-state index contributed by atoms with van der Waals surface area (Å²) in [6, 6.07) is 6.68. The first-order chi connectivity index (χ1) is 9.29. The molecule has 2 aromatic carbocycles. The van der Waals surface area contributed by atoms with E-state index in [1.54, 1.807) is 0 Å². The van der Waals surface area contributed by atoms with Crippen molar-refractivity contribution in [2.24, 2.45) is 0 Å². The standard InChI is InChI=1S/C12H10F2N2O3S/c13-10-4-7(15)5-11(12(10)14)20(18,19)16-8-2-1-3-9(17)6-8/h1-6,16-17H,15H2. The van der Waals surface area contributed by atoms with Crippen molar-refractivity contribution in [3.05, 3.63) is 48.0 Å². The largest absolute Gasteiger partial charge is 0.508 e. The number of anilines is 2. The number of sulfonamides is 1. The smallest absolute Gasteiger partial charge is 0.265 e. The summed E-state index contributed by atoms with van der Waals surface area (Å²) in [5, 5.41) is 9.23. The number of aromatic hydroxyl groups is 1. The highest BCUT2D eigenvalue weighted by Crippen LogP contribution is 2.24. The molecule has 0 radical (unpaired) electrons. The van der Waals surface area contributed by atoms with Crippen LogP contribution in [0.5, 0.6) is 5.75 Å². The highest BCUT2D eigenvalue weighted by atomic mass is 32.2. The molecular weight excluding hydrogens is 290 g/mol. The van der Waals surface area contributed by atoms with Crippen LogP contribution in [-0.4, -0.2) is 13.5 Å². The molecule has 0 saturated carbocycles. The van der Waals surface area contributed by atoms with Crippen LogP contribution in [0.4, 0.5) is 20.2 Å². The Morgan fingerprint density at radius 2 is 1.85 bits per heavy atom. The summed E-state index contributed by atoms with van der Waals surface area (Å²) in [6.45, 7) is 0. The van der Waals surface area contributed by atoms with Gasteiger partial charge in [-0.25, -0.2) is 17.2 Å². The fourth-order valence-electron chi connectivity index (χ4n) is 1.56. The first kappa shape index (κ1) is 14.1. The number of nitrogens with one attached hydrogen (secondary N) is 1. The molecule has 0 amide bonds. The number of phenolic OH excluding ortho intramolecular Hbond substituents is 1. The van der Waals surface area contributed by atoms with Gasteiger partial charge in [0.15, 0.2) is 11.6 Å². The van der Waals surface area contributed by atoms with E-state index in [-0.39, 0.29) is 17.1 Å². The number of hydrogen-bond acceptors (Lipinski definition) is 4. The lowest BCUT2D eigenvalue weighted by molar-refractivity contribution is 0.475. The molecule has 0 fully saturated rings. The summed E-state index contributed by atoms with van der Waals surface area (Å²) in [6.07, 6.45) is 0. The lowest BCUT2D eigenvalue weighted by Crippen LogP contribution is -2.15. The maximum Gasteiger partial charge on any atom is 0.265 e. The van der Waals surface area contributed by atoms with Crippen molar-refractivity contribution in [2.75, 3.05) is 10.5 Å². The topological polar surface area (TPSA) is 92.4 Å². The first-order valence-corrected chi connectivity index (χ1v) is 6.84. The minimum atomic E-state index is -4.36. The van der Waals surface area contributed by atoms with Crippen molar-refractivity contribution in [3.8, 4) is 5.75 Å². The third-order valence-corrected chi connectivity index (χ3v) is 3.79. The molecule has 0 heterocycles. The lowest BCUT2D eigenvalue weighted by Gasteiger charge is -2.10. The summed E-state index contributed by atoms with van der Waals surface area (Å²) in [5.41, 5.74) is 5.09. The summed E-state index contributed by atoms with van der Waals surface area (Å²) in [5.74, 6) is -3.06. The van der Waals surface area contributed by atoms with Crippen LogP contribution < -0.4 is 10.5 Å². The van der Waals surface area contributed by atoms with Gasteiger partial charge in [-0.1, -0.05) is 6.07 Å². The molecule has 0 unspecified atom stereocenters. The SMILES string of the molecule is Nc1cc(F)c(F)c(S(=O)(=O)Nc2cccc(O)c2)c1. The van der Waals surface area contributed by atoms with Crippen molar-refractivity contribution in [2.45, 2.75) is 4.90 Å². The van der Waals surface area contributed by atoms with Gasteiger partial charge in [-0.15, -0.1) is 0 Å². The molecule has 2 rings (SSSR count). The van der Waals surface area contributed by atoms with Crippen LogP contribution in [0.15, 0.2) is 41.3 Å². The lowest BCUT2D eigenvalue weighted by atomic mass is 10.3. The Bertz CT molecular complexity index is 763. The van der Waals surface area contributed by atoms with Gasteiger partial charge < -0.3 is 10.8 Å². The van der Waals surface area contributed by atoms with Crippen molar-refractivity contribution in [1.29, 1.82) is 0 Å². The number of benzene rings is 2. The number of hydrogen-bond donors (Lipinski definition) is 3. The van der Waals surface area contributed by atoms with Crippen LogP contribution in [0.1, 0.15) is 0 Å². The molecule has 0 spiro atoms. The Hall–Kier alpha value is -2.35. The molecular formula is C12H10F2N2O3S. The second-order valence-electron chi connectivity index (χ2n) is 3.97. The molecule has 0 aliphatic carbocycles. The van der Waals surface area contributed by atoms with Gasteiger partial charge in [0.05, 0.1) is 5.69 Å². The van der Waals surface area contributed by atoms with E-state index in [4.69, 9.17) is 5.73 Å². The van der Waals surface area contributed by atoms with Crippen LogP contribution >= 0.6 is 0 Å². The molecule has 0 aromatic heterocycles. The molecule has 0 aliphatic heterocycles. The van der Waals surface area contributed by atoms with Gasteiger partial charge in [0.2, 0.25) is 0 Å². The van der Waals surface area contributed by atoms with Crippen molar-refractivity contribution in [3.63, 3.8) is 0 Å². The van der Waals surface area contributed by atoms with Gasteiger partial charge in [-0.3, -0.25) is 4.72 Å². The van der Waals surface area contributed by atoms with E-state index in [1.807, 2.05) is 4.72 Å². The Labute approximate surface area is 113 Å². The molecule has 0 bridgehead atoms. The van der Waals surface area contributed by atoms with E-state index in [9.17, 15) is 22.3 Å². The van der Waals surface area contributed by atoms with Gasteiger partial charge >= 0.3 is 0 Å². The molecule has 8 heteroatoms. The Morgan fingerprint density at radius 1 is 1.15 bits per heavy atom. The van der Waals surface area contributed by atoms with Crippen LogP contribution in [-0.2, 0) is 10.0 Å². The Morgan fingerprint density at radius 3 is 2.50 bits per heavy atom. The molecule has 2 aromatic rings. The van der Waals surface area contributed by atoms with E-state index < -0.39 is 26.6 Å². The first-order valence-electron chi connectivity index (χ1n) is 5.36. The predicted octanol–water partition coefficient (Wildman–Crippen LogP) is 2.05. The number of rotatable bonds is 3. The second-order valence-corrected chi connectivity index (χ2v) is 5.62. The minimum Gasteiger partial charge on any atom is -0.508 e. The molecule has 5 nitrogen and oxygen atoms in total. The molecule has 4 N–H and O–H groups in total. The zero-order valence-electron chi connectivity index (χ0n) is 9.97. The second kappa shape index (κ2) is 4.97. The van der Waals surface area contributed by atoms with Crippen LogP contribution in [0, 0.1) is 11.6 Å². The van der Waals surface area contributed by atoms with Crippen LogP contribution in [0.25, 0.3) is 0 Å². The fourth-order valence-corrected chi connectivity index (χ4v) is 2.73. The molecule has 0 atom stereocenters. The van der Waals surface area contributed by atoms with Crippen molar-refractivity contribution < 1.29 is 22.3 Å². The average molecular weight is 300 g/mol. The van der Waals surface area contributed by atoms with E-state index in [0.29, 0.717) is 6.07 Å². The molecule has 0 saturated heterocycles. The van der Waals surface area contributed by atoms with E-state index >= 15 is 0 Å². The minimum absolute atomic E-state index is 0.00670. The zero-order valence-corrected chi connectivity index (χ0v) is 10.8. The van der Waals surface area contributed by atoms with Crippen LogP contribution in [0.3, 0.4) is 0 Å². The van der Waals surface area contributed by atoms with Crippen molar-refractivity contribution in [1.82, 2.24) is 0 Å². The summed E-state index contributed by atoms with van der Waals surface area (Å²) in [4.78, 5) is -0.904. The predicted molar refractivity (Wildman–Crippen MR) is 69.7 cm³/mol. The van der Waals surface area contributed by atoms with E-state index in [2.05, 4.69) is 0 Å². The summed E-state index contributed by atoms with van der Waals surface area (Å²) < 4.78 is 52.7. The van der Waals surface area contributed by atoms with Gasteiger partial charge in [0.1, 0.15) is 10.6 Å². The maximum absolute atomic E-state index is 13.6. The quantitative estimate of drug-likeness (QED) is 0.756. The highest BCUT2D eigenvalue weighted by Gasteiger charge is 2.23.